The Balaban J connectivity index is 1.91. The van der Waals surface area contributed by atoms with Crippen LogP contribution >= 0.6 is 0 Å². The summed E-state index contributed by atoms with van der Waals surface area (Å²) in [6.07, 6.45) is 2.23. The van der Waals surface area contributed by atoms with Gasteiger partial charge in [-0.15, -0.1) is 0 Å². The van der Waals surface area contributed by atoms with E-state index in [1.54, 1.807) is 6.92 Å². The monoisotopic (exact) mass is 252 g/mol. The minimum absolute atomic E-state index is 0.151. The van der Waals surface area contributed by atoms with Crippen LogP contribution in [-0.4, -0.2) is 52.0 Å². The maximum Gasteiger partial charge on any atom is 0.239 e. The summed E-state index contributed by atoms with van der Waals surface area (Å²) in [6, 6.07) is -0.151. The molecule has 1 aromatic rings. The fraction of sp³-hybridized carbons (Fsp3) is 0.750. The fourth-order valence-corrected chi connectivity index (χ4v) is 2.16. The zero-order valence-corrected chi connectivity index (χ0v) is 11.2. The Hall–Kier alpha value is -1.43. The third-order valence-corrected chi connectivity index (χ3v) is 3.40. The predicted molar refractivity (Wildman–Crippen MR) is 65.8 cm³/mol. The van der Waals surface area contributed by atoms with E-state index in [-0.39, 0.29) is 11.9 Å². The van der Waals surface area contributed by atoms with Crippen LogP contribution in [0.2, 0.25) is 0 Å². The van der Waals surface area contributed by atoms with Crippen molar-refractivity contribution in [1.29, 1.82) is 0 Å². The first-order chi connectivity index (χ1) is 8.58. The highest BCUT2D eigenvalue weighted by molar-refractivity contribution is 5.81. The molecule has 0 N–H and O–H groups in total. The summed E-state index contributed by atoms with van der Waals surface area (Å²) >= 11 is 0. The number of carbonyl (C=O) groups excluding carboxylic acids is 1. The van der Waals surface area contributed by atoms with Gasteiger partial charge in [-0.05, 0) is 26.8 Å². The van der Waals surface area contributed by atoms with Crippen molar-refractivity contribution in [3.8, 4) is 0 Å². The van der Waals surface area contributed by atoms with Gasteiger partial charge in [0, 0.05) is 20.0 Å². The number of carbonyl (C=O) groups is 1. The van der Waals surface area contributed by atoms with E-state index in [1.165, 1.54) is 0 Å². The SMILES string of the molecule is Cc1nc(CN(C)C(C)C(=O)N2CCCC2)no1. The Morgan fingerprint density at radius 2 is 2.17 bits per heavy atom. The average molecular weight is 252 g/mol. The molecule has 0 spiro atoms. The number of nitrogens with zero attached hydrogens (tertiary/aromatic N) is 4. The van der Waals surface area contributed by atoms with Gasteiger partial charge in [0.2, 0.25) is 11.8 Å². The topological polar surface area (TPSA) is 62.5 Å². The van der Waals surface area contributed by atoms with Crippen LogP contribution in [0.1, 0.15) is 31.5 Å². The number of rotatable bonds is 4. The summed E-state index contributed by atoms with van der Waals surface area (Å²) in [6.45, 7) is 5.98. The summed E-state index contributed by atoms with van der Waals surface area (Å²) in [7, 11) is 1.91. The number of aryl methyl sites for hydroxylation is 1. The molecule has 18 heavy (non-hydrogen) atoms. The lowest BCUT2D eigenvalue weighted by Crippen LogP contribution is -2.44. The number of aromatic nitrogens is 2. The summed E-state index contributed by atoms with van der Waals surface area (Å²) in [5.41, 5.74) is 0. The number of hydrogen-bond donors (Lipinski definition) is 0. The van der Waals surface area contributed by atoms with Crippen molar-refractivity contribution in [3.63, 3.8) is 0 Å². The van der Waals surface area contributed by atoms with E-state index in [0.29, 0.717) is 18.3 Å². The Morgan fingerprint density at radius 1 is 1.50 bits per heavy atom. The Bertz CT molecular complexity index is 412. The molecule has 1 fully saturated rings. The summed E-state index contributed by atoms with van der Waals surface area (Å²) in [5.74, 6) is 1.36. The van der Waals surface area contributed by atoms with Gasteiger partial charge in [-0.2, -0.15) is 4.98 Å². The smallest absolute Gasteiger partial charge is 0.239 e. The Kier molecular flexibility index (Phi) is 3.96. The molecule has 0 saturated carbocycles. The standard InChI is InChI=1S/C12H20N4O2/c1-9(12(17)16-6-4-5-7-16)15(3)8-11-13-10(2)18-14-11/h9H,4-8H2,1-3H3. The number of hydrogen-bond acceptors (Lipinski definition) is 5. The second kappa shape index (κ2) is 5.48. The van der Waals surface area contributed by atoms with Crippen molar-refractivity contribution in [2.24, 2.45) is 0 Å². The quantitative estimate of drug-likeness (QED) is 0.794. The van der Waals surface area contributed by atoms with E-state index in [2.05, 4.69) is 10.1 Å². The Labute approximate surface area is 107 Å². The first kappa shape index (κ1) is 13.0. The van der Waals surface area contributed by atoms with E-state index in [4.69, 9.17) is 4.52 Å². The highest BCUT2D eigenvalue weighted by atomic mass is 16.5. The average Bonchev–Trinajstić information content (AvgIpc) is 2.98. The summed E-state index contributed by atoms with van der Waals surface area (Å²) < 4.78 is 4.92. The maximum absolute atomic E-state index is 12.2. The molecule has 1 atom stereocenters. The van der Waals surface area contributed by atoms with E-state index < -0.39 is 0 Å². The number of likely N-dealkylation sites (N-methyl/N-ethyl adjacent to an activating group) is 1. The molecule has 2 rings (SSSR count). The largest absolute Gasteiger partial charge is 0.341 e. The van der Waals surface area contributed by atoms with E-state index in [9.17, 15) is 4.79 Å². The van der Waals surface area contributed by atoms with Crippen LogP contribution in [0.5, 0.6) is 0 Å². The van der Waals surface area contributed by atoms with Crippen LogP contribution < -0.4 is 0 Å². The van der Waals surface area contributed by atoms with Crippen molar-refractivity contribution < 1.29 is 9.32 Å². The second-order valence-corrected chi connectivity index (χ2v) is 4.85. The van der Waals surface area contributed by atoms with Gasteiger partial charge in [0.1, 0.15) is 0 Å². The molecule has 1 unspecified atom stereocenters. The molecule has 0 aromatic carbocycles. The summed E-state index contributed by atoms with van der Waals surface area (Å²) in [4.78, 5) is 20.2. The van der Waals surface area contributed by atoms with Crippen molar-refractivity contribution >= 4 is 5.91 Å². The lowest BCUT2D eigenvalue weighted by molar-refractivity contribution is -0.135. The molecule has 1 amide bonds. The minimum Gasteiger partial charge on any atom is -0.341 e. The van der Waals surface area contributed by atoms with Gasteiger partial charge < -0.3 is 9.42 Å². The van der Waals surface area contributed by atoms with E-state index >= 15 is 0 Å². The minimum atomic E-state index is -0.151. The van der Waals surface area contributed by atoms with Crippen molar-refractivity contribution in [1.82, 2.24) is 19.9 Å². The number of likely N-dealkylation sites (tertiary alicyclic amines) is 1. The molecule has 1 saturated heterocycles. The molecule has 1 aliphatic rings. The summed E-state index contributed by atoms with van der Waals surface area (Å²) in [5, 5.41) is 3.84. The molecule has 0 bridgehead atoms. The molecule has 0 aliphatic carbocycles. The van der Waals surface area contributed by atoms with Gasteiger partial charge in [0.25, 0.3) is 0 Å². The van der Waals surface area contributed by atoms with Crippen LogP contribution in [-0.2, 0) is 11.3 Å². The lowest BCUT2D eigenvalue weighted by atomic mass is 10.2. The third kappa shape index (κ3) is 2.87. The second-order valence-electron chi connectivity index (χ2n) is 4.85. The molecule has 6 nitrogen and oxygen atoms in total. The van der Waals surface area contributed by atoms with Crippen LogP contribution in [0.15, 0.2) is 4.52 Å². The molecule has 6 heteroatoms. The molecule has 0 radical (unpaired) electrons. The molecule has 1 aromatic heterocycles. The highest BCUT2D eigenvalue weighted by Crippen LogP contribution is 2.12. The van der Waals surface area contributed by atoms with Gasteiger partial charge in [-0.25, -0.2) is 0 Å². The Morgan fingerprint density at radius 3 is 2.72 bits per heavy atom. The van der Waals surface area contributed by atoms with Gasteiger partial charge in [0.05, 0.1) is 12.6 Å². The van der Waals surface area contributed by atoms with Crippen molar-refractivity contribution in [2.45, 2.75) is 39.3 Å². The zero-order valence-electron chi connectivity index (χ0n) is 11.2. The van der Waals surface area contributed by atoms with E-state index in [1.807, 2.05) is 23.8 Å². The zero-order chi connectivity index (χ0) is 13.1. The number of amides is 1. The highest BCUT2D eigenvalue weighted by Gasteiger charge is 2.26. The predicted octanol–water partition coefficient (Wildman–Crippen LogP) is 0.821. The fourth-order valence-electron chi connectivity index (χ4n) is 2.16. The lowest BCUT2D eigenvalue weighted by Gasteiger charge is -2.26. The van der Waals surface area contributed by atoms with Gasteiger partial charge >= 0.3 is 0 Å². The maximum atomic E-state index is 12.2. The molecule has 100 valence electrons. The molecular weight excluding hydrogens is 232 g/mol. The first-order valence-corrected chi connectivity index (χ1v) is 6.36. The normalized spacial score (nSPS) is 17.4. The van der Waals surface area contributed by atoms with Crippen molar-refractivity contribution in [3.05, 3.63) is 11.7 Å². The van der Waals surface area contributed by atoms with Crippen molar-refractivity contribution in [2.75, 3.05) is 20.1 Å². The van der Waals surface area contributed by atoms with Crippen LogP contribution in [0, 0.1) is 6.92 Å². The van der Waals surface area contributed by atoms with E-state index in [0.717, 1.165) is 25.9 Å². The molecule has 2 heterocycles. The molecular formula is C12H20N4O2. The third-order valence-electron chi connectivity index (χ3n) is 3.40. The van der Waals surface area contributed by atoms with Gasteiger partial charge in [-0.3, -0.25) is 9.69 Å². The first-order valence-electron chi connectivity index (χ1n) is 6.36. The van der Waals surface area contributed by atoms with Crippen LogP contribution in [0.25, 0.3) is 0 Å². The molecule has 1 aliphatic heterocycles. The van der Waals surface area contributed by atoms with Gasteiger partial charge in [-0.1, -0.05) is 5.16 Å². The van der Waals surface area contributed by atoms with Gasteiger partial charge in [0.15, 0.2) is 5.82 Å². The van der Waals surface area contributed by atoms with Crippen LogP contribution in [0.3, 0.4) is 0 Å². The van der Waals surface area contributed by atoms with Crippen LogP contribution in [0.4, 0.5) is 0 Å².